The lowest BCUT2D eigenvalue weighted by Gasteiger charge is -2.49. The number of hydrogen-bond acceptors (Lipinski definition) is 6. The van der Waals surface area contributed by atoms with E-state index in [2.05, 4.69) is 15.2 Å². The van der Waals surface area contributed by atoms with Crippen LogP contribution in [-0.2, 0) is 17.8 Å². The molecular formula is C25H25ClF4N6O. The molecule has 7 nitrogen and oxygen atoms in total. The summed E-state index contributed by atoms with van der Waals surface area (Å²) >= 11 is 6.27. The molecule has 0 bridgehead atoms. The molecule has 0 unspecified atom stereocenters. The predicted molar refractivity (Wildman–Crippen MR) is 128 cm³/mol. The molecule has 0 amide bonds. The molecule has 12 heteroatoms. The Bertz CT molecular complexity index is 1330. The van der Waals surface area contributed by atoms with E-state index < -0.39 is 24.9 Å². The number of pyridine rings is 1. The number of benzene rings is 1. The number of nitrogens with zero attached hydrogens (tertiary/aromatic N) is 6. The first-order chi connectivity index (χ1) is 17.7. The molecule has 0 aliphatic carbocycles. The number of hydrogen-bond donors (Lipinski definition) is 0. The SMILES string of the molecule is Cc1ccc(F)c(N2CCC(c3nnc4n3-c3ccc(Cl)cc3CN(C3(C(F)(F)F)COC3)C4)CC2)n1. The van der Waals surface area contributed by atoms with Crippen molar-refractivity contribution in [3.05, 3.63) is 64.1 Å². The zero-order valence-electron chi connectivity index (χ0n) is 20.1. The summed E-state index contributed by atoms with van der Waals surface area (Å²) < 4.78 is 64.0. The van der Waals surface area contributed by atoms with Gasteiger partial charge in [-0.05, 0) is 55.7 Å². The first-order valence-electron chi connectivity index (χ1n) is 12.2. The summed E-state index contributed by atoms with van der Waals surface area (Å²) in [7, 11) is 0. The Morgan fingerprint density at radius 3 is 2.49 bits per heavy atom. The normalized spacial score (nSPS) is 20.2. The van der Waals surface area contributed by atoms with Gasteiger partial charge in [0.05, 0.1) is 25.4 Å². The summed E-state index contributed by atoms with van der Waals surface area (Å²) in [5, 5.41) is 9.28. The van der Waals surface area contributed by atoms with Gasteiger partial charge in [0, 0.05) is 36.3 Å². The highest BCUT2D eigenvalue weighted by atomic mass is 35.5. The highest BCUT2D eigenvalue weighted by Crippen LogP contribution is 2.44. The second-order valence-electron chi connectivity index (χ2n) is 9.98. The number of fused-ring (bicyclic) bond motifs is 3. The second kappa shape index (κ2) is 8.92. The Balaban J connectivity index is 1.33. The average molecular weight is 537 g/mol. The van der Waals surface area contributed by atoms with Gasteiger partial charge in [-0.2, -0.15) is 13.2 Å². The van der Waals surface area contributed by atoms with Crippen LogP contribution >= 0.6 is 11.6 Å². The van der Waals surface area contributed by atoms with Crippen LogP contribution < -0.4 is 4.90 Å². The summed E-state index contributed by atoms with van der Waals surface area (Å²) in [6.45, 7) is 2.16. The van der Waals surface area contributed by atoms with Gasteiger partial charge in [0.1, 0.15) is 5.82 Å². The molecule has 3 aliphatic heterocycles. The number of rotatable bonds is 3. The summed E-state index contributed by atoms with van der Waals surface area (Å²) in [5.41, 5.74) is 0.0681. The maximum atomic E-state index is 14.4. The zero-order chi connectivity index (χ0) is 25.9. The van der Waals surface area contributed by atoms with Crippen molar-refractivity contribution in [2.75, 3.05) is 31.2 Å². The van der Waals surface area contributed by atoms with E-state index in [0.29, 0.717) is 54.0 Å². The number of halogens is 5. The third-order valence-corrected chi connectivity index (χ3v) is 7.91. The quantitative estimate of drug-likeness (QED) is 0.449. The van der Waals surface area contributed by atoms with Gasteiger partial charge in [0.2, 0.25) is 0 Å². The van der Waals surface area contributed by atoms with Gasteiger partial charge in [-0.3, -0.25) is 9.47 Å². The molecule has 6 rings (SSSR count). The minimum absolute atomic E-state index is 0.00376. The molecule has 3 aliphatic rings. The van der Waals surface area contributed by atoms with Crippen molar-refractivity contribution in [3.8, 4) is 5.69 Å². The molecule has 0 atom stereocenters. The van der Waals surface area contributed by atoms with E-state index in [4.69, 9.17) is 16.3 Å². The van der Waals surface area contributed by atoms with Crippen LogP contribution in [0.2, 0.25) is 5.02 Å². The van der Waals surface area contributed by atoms with Crippen molar-refractivity contribution in [3.63, 3.8) is 0 Å². The van der Waals surface area contributed by atoms with Crippen LogP contribution in [0.3, 0.4) is 0 Å². The van der Waals surface area contributed by atoms with Gasteiger partial charge in [-0.1, -0.05) is 11.6 Å². The molecule has 2 aromatic heterocycles. The molecule has 5 heterocycles. The lowest BCUT2D eigenvalue weighted by atomic mass is 9.93. The molecule has 0 radical (unpaired) electrons. The second-order valence-corrected chi connectivity index (χ2v) is 10.4. The van der Waals surface area contributed by atoms with Crippen LogP contribution in [0.5, 0.6) is 0 Å². The highest BCUT2D eigenvalue weighted by molar-refractivity contribution is 6.30. The average Bonchev–Trinajstić information content (AvgIpc) is 3.15. The van der Waals surface area contributed by atoms with Crippen molar-refractivity contribution < 1.29 is 22.3 Å². The zero-order valence-corrected chi connectivity index (χ0v) is 20.9. The Morgan fingerprint density at radius 2 is 1.81 bits per heavy atom. The van der Waals surface area contributed by atoms with E-state index in [0.717, 1.165) is 11.4 Å². The number of aryl methyl sites for hydroxylation is 1. The number of aromatic nitrogens is 4. The Labute approximate surface area is 216 Å². The Kier molecular flexibility index (Phi) is 5.92. The molecular weight excluding hydrogens is 512 g/mol. The minimum Gasteiger partial charge on any atom is -0.377 e. The van der Waals surface area contributed by atoms with Crippen molar-refractivity contribution in [1.82, 2.24) is 24.6 Å². The lowest BCUT2D eigenvalue weighted by Crippen LogP contribution is -2.69. The van der Waals surface area contributed by atoms with Crippen LogP contribution in [0, 0.1) is 12.7 Å². The van der Waals surface area contributed by atoms with Gasteiger partial charge < -0.3 is 9.64 Å². The van der Waals surface area contributed by atoms with E-state index in [1.165, 1.54) is 11.0 Å². The fourth-order valence-electron chi connectivity index (χ4n) is 5.51. The van der Waals surface area contributed by atoms with Crippen LogP contribution in [0.25, 0.3) is 5.69 Å². The molecule has 2 saturated heterocycles. The predicted octanol–water partition coefficient (Wildman–Crippen LogP) is 4.79. The fraction of sp³-hybridized carbons (Fsp3) is 0.480. The number of ether oxygens (including phenoxy) is 1. The summed E-state index contributed by atoms with van der Waals surface area (Å²) in [6, 6.07) is 8.32. The topological polar surface area (TPSA) is 59.3 Å². The lowest BCUT2D eigenvalue weighted by molar-refractivity contribution is -0.310. The number of alkyl halides is 3. The van der Waals surface area contributed by atoms with Crippen LogP contribution in [-0.4, -0.2) is 62.7 Å². The van der Waals surface area contributed by atoms with E-state index in [1.54, 1.807) is 18.2 Å². The molecule has 196 valence electrons. The molecule has 0 N–H and O–H groups in total. The summed E-state index contributed by atoms with van der Waals surface area (Å²) in [5.74, 6) is 1.13. The molecule has 2 fully saturated rings. The standard InChI is InChI=1S/C25H25ClF4N6O/c1-15-2-4-19(27)23(31-15)34-8-6-16(7-9-34)22-33-32-21-12-35(24(13-37-14-24)25(28,29)30)11-17-10-18(26)3-5-20(17)36(21)22/h2-5,10,16H,6-9,11-14H2,1H3. The van der Waals surface area contributed by atoms with Crippen molar-refractivity contribution in [2.24, 2.45) is 0 Å². The van der Waals surface area contributed by atoms with E-state index in [-0.39, 0.29) is 24.8 Å². The van der Waals surface area contributed by atoms with E-state index in [9.17, 15) is 17.6 Å². The molecule has 0 saturated carbocycles. The number of piperidine rings is 1. The largest absolute Gasteiger partial charge is 0.411 e. The molecule has 1 aromatic carbocycles. The van der Waals surface area contributed by atoms with Gasteiger partial charge >= 0.3 is 6.18 Å². The van der Waals surface area contributed by atoms with E-state index in [1.807, 2.05) is 22.5 Å². The fourth-order valence-corrected chi connectivity index (χ4v) is 5.71. The van der Waals surface area contributed by atoms with Crippen LogP contribution in [0.4, 0.5) is 23.4 Å². The van der Waals surface area contributed by atoms with E-state index >= 15 is 0 Å². The monoisotopic (exact) mass is 536 g/mol. The maximum Gasteiger partial charge on any atom is 0.411 e. The van der Waals surface area contributed by atoms with Gasteiger partial charge in [-0.15, -0.1) is 10.2 Å². The third-order valence-electron chi connectivity index (χ3n) is 7.67. The molecule has 3 aromatic rings. The van der Waals surface area contributed by atoms with Gasteiger partial charge in [0.15, 0.2) is 23.0 Å². The third kappa shape index (κ3) is 4.07. The first-order valence-corrected chi connectivity index (χ1v) is 12.5. The maximum absolute atomic E-state index is 14.4. The van der Waals surface area contributed by atoms with Crippen LogP contribution in [0.1, 0.15) is 41.7 Å². The first kappa shape index (κ1) is 24.6. The van der Waals surface area contributed by atoms with Crippen LogP contribution in [0.15, 0.2) is 30.3 Å². The Morgan fingerprint density at radius 1 is 1.05 bits per heavy atom. The van der Waals surface area contributed by atoms with Gasteiger partial charge in [0.25, 0.3) is 0 Å². The minimum atomic E-state index is -4.46. The highest BCUT2D eigenvalue weighted by Gasteiger charge is 2.63. The van der Waals surface area contributed by atoms with Gasteiger partial charge in [-0.25, -0.2) is 9.37 Å². The summed E-state index contributed by atoms with van der Waals surface area (Å²) in [6.07, 6.45) is -3.10. The smallest absolute Gasteiger partial charge is 0.377 e. The number of anilines is 1. The summed E-state index contributed by atoms with van der Waals surface area (Å²) in [4.78, 5) is 7.68. The van der Waals surface area contributed by atoms with Crippen molar-refractivity contribution in [1.29, 1.82) is 0 Å². The molecule has 0 spiro atoms. The van der Waals surface area contributed by atoms with Crippen molar-refractivity contribution >= 4 is 17.4 Å². The molecule has 37 heavy (non-hydrogen) atoms. The Hall–Kier alpha value is -2.76. The van der Waals surface area contributed by atoms with Crippen molar-refractivity contribution in [2.45, 2.75) is 50.5 Å².